The molecule has 1 rings (SSSR count). The number of carbonyl (C=O) groups excluding carboxylic acids is 2. The highest BCUT2D eigenvalue weighted by Crippen LogP contribution is 2.17. The fourth-order valence-corrected chi connectivity index (χ4v) is 1.59. The van der Waals surface area contributed by atoms with E-state index in [0.29, 0.717) is 6.54 Å². The molecule has 4 heteroatoms. The van der Waals surface area contributed by atoms with Gasteiger partial charge in [-0.1, -0.05) is 24.3 Å². The largest absolute Gasteiger partial charge is 0.337 e. The van der Waals surface area contributed by atoms with Gasteiger partial charge in [0.05, 0.1) is 5.92 Å². The van der Waals surface area contributed by atoms with Gasteiger partial charge in [0.15, 0.2) is 0 Å². The summed E-state index contributed by atoms with van der Waals surface area (Å²) < 4.78 is 0. The second-order valence-corrected chi connectivity index (χ2v) is 4.18. The molecule has 0 aliphatic rings. The third-order valence-corrected chi connectivity index (χ3v) is 2.63. The van der Waals surface area contributed by atoms with Crippen molar-refractivity contribution in [1.29, 1.82) is 0 Å². The van der Waals surface area contributed by atoms with E-state index < -0.39 is 0 Å². The van der Waals surface area contributed by atoms with Crippen molar-refractivity contribution in [1.82, 2.24) is 10.2 Å². The van der Waals surface area contributed by atoms with Gasteiger partial charge in [-0.05, 0) is 18.1 Å². The number of aldehydes is 1. The molecule has 0 spiro atoms. The predicted octanol–water partition coefficient (Wildman–Crippen LogP) is 1.55. The number of hydrogen-bond acceptors (Lipinski definition) is 2. The standard InChI is InChI=1S/C13H18N2O2/c1-10-6-4-5-7-12(10)11(9-16)8-14-13(17)15(2)3/h4-7,9,11H,8H2,1-3H3,(H,14,17). The summed E-state index contributed by atoms with van der Waals surface area (Å²) in [4.78, 5) is 23.9. The van der Waals surface area contributed by atoms with E-state index in [2.05, 4.69) is 5.32 Å². The lowest BCUT2D eigenvalue weighted by molar-refractivity contribution is -0.109. The lowest BCUT2D eigenvalue weighted by atomic mass is 9.96. The van der Waals surface area contributed by atoms with Gasteiger partial charge < -0.3 is 15.0 Å². The van der Waals surface area contributed by atoms with Crippen molar-refractivity contribution in [3.05, 3.63) is 35.4 Å². The molecule has 2 amide bonds. The van der Waals surface area contributed by atoms with Crippen LogP contribution in [0.5, 0.6) is 0 Å². The number of rotatable bonds is 4. The van der Waals surface area contributed by atoms with E-state index in [0.717, 1.165) is 17.4 Å². The molecule has 4 nitrogen and oxygen atoms in total. The molecule has 0 aliphatic heterocycles. The Morgan fingerprint density at radius 3 is 2.59 bits per heavy atom. The van der Waals surface area contributed by atoms with E-state index in [1.807, 2.05) is 31.2 Å². The van der Waals surface area contributed by atoms with Crippen LogP contribution in [0.2, 0.25) is 0 Å². The van der Waals surface area contributed by atoms with E-state index in [1.165, 1.54) is 4.90 Å². The molecule has 1 unspecified atom stereocenters. The van der Waals surface area contributed by atoms with Crippen molar-refractivity contribution >= 4 is 12.3 Å². The van der Waals surface area contributed by atoms with Gasteiger partial charge in [-0.2, -0.15) is 0 Å². The number of hydrogen-bond donors (Lipinski definition) is 1. The molecule has 1 atom stereocenters. The number of amides is 2. The van der Waals surface area contributed by atoms with Gasteiger partial charge >= 0.3 is 6.03 Å². The Morgan fingerprint density at radius 2 is 2.06 bits per heavy atom. The first kappa shape index (κ1) is 13.2. The molecular formula is C13H18N2O2. The third kappa shape index (κ3) is 3.59. The first-order chi connectivity index (χ1) is 8.06. The molecule has 0 radical (unpaired) electrons. The maximum atomic E-state index is 11.4. The predicted molar refractivity (Wildman–Crippen MR) is 67.1 cm³/mol. The summed E-state index contributed by atoms with van der Waals surface area (Å²) in [6.45, 7) is 2.28. The highest BCUT2D eigenvalue weighted by molar-refractivity contribution is 5.74. The first-order valence-corrected chi connectivity index (χ1v) is 5.52. The summed E-state index contributed by atoms with van der Waals surface area (Å²) >= 11 is 0. The van der Waals surface area contributed by atoms with Crippen molar-refractivity contribution < 1.29 is 9.59 Å². The molecule has 0 saturated carbocycles. The molecule has 0 bridgehead atoms. The van der Waals surface area contributed by atoms with Crippen molar-refractivity contribution in [2.75, 3.05) is 20.6 Å². The van der Waals surface area contributed by atoms with Crippen LogP contribution in [0.15, 0.2) is 24.3 Å². The quantitative estimate of drug-likeness (QED) is 0.803. The van der Waals surface area contributed by atoms with Crippen LogP contribution >= 0.6 is 0 Å². The number of benzene rings is 1. The van der Waals surface area contributed by atoms with Gasteiger partial charge in [-0.25, -0.2) is 4.79 Å². The Morgan fingerprint density at radius 1 is 1.41 bits per heavy atom. The minimum Gasteiger partial charge on any atom is -0.337 e. The second-order valence-electron chi connectivity index (χ2n) is 4.18. The summed E-state index contributed by atoms with van der Waals surface area (Å²) in [5, 5.41) is 2.71. The van der Waals surface area contributed by atoms with Crippen LogP contribution in [-0.2, 0) is 4.79 Å². The Labute approximate surface area is 102 Å². The smallest absolute Gasteiger partial charge is 0.316 e. The highest BCUT2D eigenvalue weighted by atomic mass is 16.2. The van der Waals surface area contributed by atoms with Gasteiger partial charge in [0.25, 0.3) is 0 Å². The summed E-state index contributed by atoms with van der Waals surface area (Å²) in [6.07, 6.45) is 0.873. The van der Waals surface area contributed by atoms with Crippen molar-refractivity contribution in [2.45, 2.75) is 12.8 Å². The fourth-order valence-electron chi connectivity index (χ4n) is 1.59. The summed E-state index contributed by atoms with van der Waals surface area (Å²) in [6, 6.07) is 7.51. The zero-order valence-electron chi connectivity index (χ0n) is 10.4. The van der Waals surface area contributed by atoms with Crippen LogP contribution < -0.4 is 5.32 Å². The number of nitrogens with one attached hydrogen (secondary N) is 1. The Kier molecular flexibility index (Phi) is 4.69. The van der Waals surface area contributed by atoms with Crippen molar-refractivity contribution in [3.63, 3.8) is 0 Å². The molecule has 0 aromatic heterocycles. The molecule has 0 heterocycles. The minimum atomic E-state index is -0.292. The molecule has 0 aliphatic carbocycles. The van der Waals surface area contributed by atoms with Crippen LogP contribution in [-0.4, -0.2) is 37.9 Å². The van der Waals surface area contributed by atoms with E-state index in [-0.39, 0.29) is 11.9 Å². The van der Waals surface area contributed by atoms with E-state index >= 15 is 0 Å². The molecule has 1 N–H and O–H groups in total. The molecule has 1 aromatic rings. The average Bonchev–Trinajstić information content (AvgIpc) is 2.31. The monoisotopic (exact) mass is 234 g/mol. The normalized spacial score (nSPS) is 11.7. The number of nitrogens with zero attached hydrogens (tertiary/aromatic N) is 1. The topological polar surface area (TPSA) is 49.4 Å². The summed E-state index contributed by atoms with van der Waals surface area (Å²) in [5.74, 6) is -0.292. The lowest BCUT2D eigenvalue weighted by Crippen LogP contribution is -2.37. The van der Waals surface area contributed by atoms with Crippen molar-refractivity contribution in [2.24, 2.45) is 0 Å². The average molecular weight is 234 g/mol. The van der Waals surface area contributed by atoms with Gasteiger partial charge in [0.2, 0.25) is 0 Å². The van der Waals surface area contributed by atoms with Gasteiger partial charge in [-0.3, -0.25) is 0 Å². The lowest BCUT2D eigenvalue weighted by Gasteiger charge is -2.16. The number of aryl methyl sites for hydroxylation is 1. The Hall–Kier alpha value is -1.84. The van der Waals surface area contributed by atoms with E-state index in [1.54, 1.807) is 14.1 Å². The number of urea groups is 1. The third-order valence-electron chi connectivity index (χ3n) is 2.63. The minimum absolute atomic E-state index is 0.189. The van der Waals surface area contributed by atoms with Gasteiger partial charge in [0.1, 0.15) is 6.29 Å². The molecular weight excluding hydrogens is 216 g/mol. The van der Waals surface area contributed by atoms with Crippen LogP contribution in [0.3, 0.4) is 0 Å². The van der Waals surface area contributed by atoms with Gasteiger partial charge in [0, 0.05) is 20.6 Å². The van der Waals surface area contributed by atoms with E-state index in [4.69, 9.17) is 0 Å². The SMILES string of the molecule is Cc1ccccc1C(C=O)CNC(=O)N(C)C. The molecule has 0 fully saturated rings. The first-order valence-electron chi connectivity index (χ1n) is 5.52. The Balaban J connectivity index is 2.70. The molecule has 0 saturated heterocycles. The van der Waals surface area contributed by atoms with E-state index in [9.17, 15) is 9.59 Å². The van der Waals surface area contributed by atoms with Gasteiger partial charge in [-0.15, -0.1) is 0 Å². The fraction of sp³-hybridized carbons (Fsp3) is 0.385. The summed E-state index contributed by atoms with van der Waals surface area (Å²) in [5.41, 5.74) is 2.02. The molecule has 17 heavy (non-hydrogen) atoms. The second kappa shape index (κ2) is 6.03. The number of carbonyl (C=O) groups is 2. The maximum absolute atomic E-state index is 11.4. The zero-order valence-corrected chi connectivity index (χ0v) is 10.4. The van der Waals surface area contributed by atoms with Crippen molar-refractivity contribution in [3.8, 4) is 0 Å². The van der Waals surface area contributed by atoms with Crippen LogP contribution in [0.25, 0.3) is 0 Å². The Bertz CT molecular complexity index is 402. The molecule has 92 valence electrons. The van der Waals surface area contributed by atoms with Crippen LogP contribution in [0.1, 0.15) is 17.0 Å². The molecule has 1 aromatic carbocycles. The van der Waals surface area contributed by atoms with Crippen LogP contribution in [0, 0.1) is 6.92 Å². The summed E-state index contributed by atoms with van der Waals surface area (Å²) in [7, 11) is 3.33. The zero-order chi connectivity index (χ0) is 12.8. The highest BCUT2D eigenvalue weighted by Gasteiger charge is 2.14. The van der Waals surface area contributed by atoms with Crippen LogP contribution in [0.4, 0.5) is 4.79 Å². The maximum Gasteiger partial charge on any atom is 0.316 e.